The van der Waals surface area contributed by atoms with E-state index in [9.17, 15) is 4.79 Å². The van der Waals surface area contributed by atoms with Crippen LogP contribution in [0.5, 0.6) is 0 Å². The summed E-state index contributed by atoms with van der Waals surface area (Å²) in [5.41, 5.74) is 6.42. The number of aromatic nitrogens is 2. The summed E-state index contributed by atoms with van der Waals surface area (Å²) in [4.78, 5) is 12.6. The van der Waals surface area contributed by atoms with Crippen LogP contribution in [0.2, 0.25) is 0 Å². The van der Waals surface area contributed by atoms with Crippen LogP contribution in [0.15, 0.2) is 0 Å². The molecule has 0 aromatic carbocycles. The number of nitrogens with two attached hydrogens (primary N) is 1. The Labute approximate surface area is 98.6 Å². The van der Waals surface area contributed by atoms with Crippen molar-refractivity contribution < 1.29 is 4.79 Å². The minimum atomic E-state index is -0.0748. The lowest BCUT2D eigenvalue weighted by molar-refractivity contribution is 0.0936. The molecule has 1 aromatic rings. The predicted molar refractivity (Wildman–Crippen MR) is 62.3 cm³/mol. The smallest absolute Gasteiger partial charge is 0.265 e. The summed E-state index contributed by atoms with van der Waals surface area (Å²) in [7, 11) is 0. The summed E-state index contributed by atoms with van der Waals surface area (Å²) >= 11 is 1.15. The first-order valence-corrected chi connectivity index (χ1v) is 6.35. The molecule has 1 aliphatic carbocycles. The first-order valence-electron chi connectivity index (χ1n) is 5.58. The molecule has 0 radical (unpaired) electrons. The van der Waals surface area contributed by atoms with Crippen LogP contribution in [0.3, 0.4) is 0 Å². The Morgan fingerprint density at radius 1 is 1.69 bits per heavy atom. The largest absolute Gasteiger partial charge is 0.347 e. The summed E-state index contributed by atoms with van der Waals surface area (Å²) in [5.74, 6) is 0.495. The maximum atomic E-state index is 12.0. The molecule has 6 heteroatoms. The van der Waals surface area contributed by atoms with Crippen molar-refractivity contribution in [2.45, 2.75) is 32.2 Å². The minimum Gasteiger partial charge on any atom is -0.347 e. The van der Waals surface area contributed by atoms with Gasteiger partial charge in [-0.05, 0) is 36.7 Å². The number of nitrogens with one attached hydrogen (secondary N) is 1. The van der Waals surface area contributed by atoms with Gasteiger partial charge >= 0.3 is 0 Å². The van der Waals surface area contributed by atoms with Crippen LogP contribution >= 0.6 is 11.5 Å². The van der Waals surface area contributed by atoms with Gasteiger partial charge < -0.3 is 11.1 Å². The number of hydrogen-bond acceptors (Lipinski definition) is 5. The average molecular weight is 240 g/mol. The van der Waals surface area contributed by atoms with Gasteiger partial charge in [0.15, 0.2) is 0 Å². The number of aryl methyl sites for hydroxylation is 1. The van der Waals surface area contributed by atoms with Crippen LogP contribution in [0.1, 0.15) is 35.1 Å². The van der Waals surface area contributed by atoms with Crippen molar-refractivity contribution in [1.29, 1.82) is 0 Å². The molecule has 5 nitrogen and oxygen atoms in total. The van der Waals surface area contributed by atoms with Gasteiger partial charge in [0.2, 0.25) is 0 Å². The van der Waals surface area contributed by atoms with Crippen molar-refractivity contribution >= 4 is 17.4 Å². The molecule has 1 amide bonds. The Kier molecular flexibility index (Phi) is 3.50. The van der Waals surface area contributed by atoms with E-state index in [1.165, 1.54) is 12.8 Å². The fourth-order valence-electron chi connectivity index (χ4n) is 1.71. The normalized spacial score (nSPS) is 17.1. The maximum Gasteiger partial charge on any atom is 0.265 e. The molecule has 1 aliphatic rings. The first-order chi connectivity index (χ1) is 7.76. The number of hydrogen-bond donors (Lipinski definition) is 2. The van der Waals surface area contributed by atoms with Gasteiger partial charge in [-0.25, -0.2) is 0 Å². The van der Waals surface area contributed by atoms with E-state index in [-0.39, 0.29) is 11.9 Å². The number of carbonyl (C=O) groups is 1. The van der Waals surface area contributed by atoms with Gasteiger partial charge in [-0.3, -0.25) is 4.79 Å². The fraction of sp³-hybridized carbons (Fsp3) is 0.700. The van der Waals surface area contributed by atoms with E-state index in [1.54, 1.807) is 0 Å². The van der Waals surface area contributed by atoms with Gasteiger partial charge in [-0.15, -0.1) is 5.10 Å². The van der Waals surface area contributed by atoms with E-state index in [4.69, 9.17) is 5.73 Å². The van der Waals surface area contributed by atoms with Crippen molar-refractivity contribution in [3.05, 3.63) is 10.6 Å². The molecule has 1 atom stereocenters. The van der Waals surface area contributed by atoms with Crippen molar-refractivity contribution in [3.63, 3.8) is 0 Å². The lowest BCUT2D eigenvalue weighted by atomic mass is 10.2. The summed E-state index contributed by atoms with van der Waals surface area (Å²) in [6.07, 6.45) is 3.07. The zero-order valence-electron chi connectivity index (χ0n) is 9.27. The number of amides is 1. The Morgan fingerprint density at radius 2 is 2.44 bits per heavy atom. The number of nitrogens with zero attached hydrogens (tertiary/aromatic N) is 2. The summed E-state index contributed by atoms with van der Waals surface area (Å²) in [5, 5.41) is 6.90. The maximum absolute atomic E-state index is 12.0. The van der Waals surface area contributed by atoms with E-state index >= 15 is 0 Å². The Hall–Kier alpha value is -1.01. The summed E-state index contributed by atoms with van der Waals surface area (Å²) < 4.78 is 3.81. The molecule has 1 aromatic heterocycles. The molecule has 88 valence electrons. The molecule has 1 unspecified atom stereocenters. The van der Waals surface area contributed by atoms with Crippen LogP contribution in [-0.4, -0.2) is 28.1 Å². The molecule has 0 spiro atoms. The Morgan fingerprint density at radius 3 is 3.00 bits per heavy atom. The molecule has 16 heavy (non-hydrogen) atoms. The zero-order valence-corrected chi connectivity index (χ0v) is 10.1. The molecule has 0 aliphatic heterocycles. The lowest BCUT2D eigenvalue weighted by Gasteiger charge is -2.15. The predicted octanol–water partition coefficient (Wildman–Crippen LogP) is 0.568. The molecule has 0 bridgehead atoms. The van der Waals surface area contributed by atoms with Crippen LogP contribution in [0.25, 0.3) is 0 Å². The molecule has 1 heterocycles. The van der Waals surface area contributed by atoms with E-state index in [0.717, 1.165) is 23.6 Å². The van der Waals surface area contributed by atoms with E-state index in [2.05, 4.69) is 14.9 Å². The van der Waals surface area contributed by atoms with Crippen LogP contribution in [-0.2, 0) is 6.42 Å². The molecule has 1 fully saturated rings. The van der Waals surface area contributed by atoms with E-state index in [0.29, 0.717) is 17.3 Å². The highest BCUT2D eigenvalue weighted by Crippen LogP contribution is 2.32. The second kappa shape index (κ2) is 4.88. The summed E-state index contributed by atoms with van der Waals surface area (Å²) in [6, 6.07) is 0.110. The standard InChI is InChI=1S/C10H16N4OS/c1-2-7-9(16-14-13-7)10(15)12-8(5-11)6-3-4-6/h6,8H,2-5,11H2,1H3,(H,12,15). The van der Waals surface area contributed by atoms with Gasteiger partial charge in [0, 0.05) is 12.6 Å². The van der Waals surface area contributed by atoms with Gasteiger partial charge in [0.05, 0.1) is 5.69 Å². The lowest BCUT2D eigenvalue weighted by Crippen LogP contribution is -2.41. The average Bonchev–Trinajstić information content (AvgIpc) is 3.02. The second-order valence-corrected chi connectivity index (χ2v) is 4.81. The molecule has 1 saturated carbocycles. The Bertz CT molecular complexity index is 375. The molecule has 2 rings (SSSR count). The number of rotatable bonds is 5. The van der Waals surface area contributed by atoms with Crippen molar-refractivity contribution in [2.75, 3.05) is 6.54 Å². The van der Waals surface area contributed by atoms with Crippen LogP contribution in [0, 0.1) is 5.92 Å². The molecule has 0 saturated heterocycles. The highest BCUT2D eigenvalue weighted by atomic mass is 32.1. The monoisotopic (exact) mass is 240 g/mol. The fourth-order valence-corrected chi connectivity index (χ4v) is 2.37. The van der Waals surface area contributed by atoms with Gasteiger partial charge in [0.1, 0.15) is 4.88 Å². The molecule has 3 N–H and O–H groups in total. The van der Waals surface area contributed by atoms with Crippen LogP contribution in [0.4, 0.5) is 0 Å². The second-order valence-electron chi connectivity index (χ2n) is 4.06. The van der Waals surface area contributed by atoms with Gasteiger partial charge in [0.25, 0.3) is 5.91 Å². The third-order valence-corrected chi connectivity index (χ3v) is 3.63. The first kappa shape index (κ1) is 11.5. The van der Waals surface area contributed by atoms with Gasteiger partial charge in [-0.2, -0.15) is 0 Å². The Balaban J connectivity index is 2.01. The van der Waals surface area contributed by atoms with Crippen molar-refractivity contribution in [1.82, 2.24) is 14.9 Å². The topological polar surface area (TPSA) is 80.9 Å². The highest BCUT2D eigenvalue weighted by Gasteiger charge is 2.32. The van der Waals surface area contributed by atoms with Crippen LogP contribution < -0.4 is 11.1 Å². The molecular weight excluding hydrogens is 224 g/mol. The zero-order chi connectivity index (χ0) is 11.5. The van der Waals surface area contributed by atoms with Crippen molar-refractivity contribution in [3.8, 4) is 0 Å². The minimum absolute atomic E-state index is 0.0748. The van der Waals surface area contributed by atoms with Crippen molar-refractivity contribution in [2.24, 2.45) is 11.7 Å². The van der Waals surface area contributed by atoms with E-state index in [1.807, 2.05) is 6.92 Å². The molecular formula is C10H16N4OS. The SMILES string of the molecule is CCc1nnsc1C(=O)NC(CN)C1CC1. The summed E-state index contributed by atoms with van der Waals surface area (Å²) in [6.45, 7) is 2.47. The van der Waals surface area contributed by atoms with Gasteiger partial charge in [-0.1, -0.05) is 11.4 Å². The highest BCUT2D eigenvalue weighted by molar-refractivity contribution is 7.08. The quantitative estimate of drug-likeness (QED) is 0.788. The number of carbonyl (C=O) groups excluding carboxylic acids is 1. The van der Waals surface area contributed by atoms with E-state index < -0.39 is 0 Å². The third-order valence-electron chi connectivity index (χ3n) is 2.86. The third kappa shape index (κ3) is 2.38.